The van der Waals surface area contributed by atoms with Gasteiger partial charge in [0.25, 0.3) is 0 Å². The summed E-state index contributed by atoms with van der Waals surface area (Å²) in [5.41, 5.74) is 6.69. The van der Waals surface area contributed by atoms with Crippen LogP contribution >= 0.6 is 0 Å². The van der Waals surface area contributed by atoms with Crippen molar-refractivity contribution in [3.05, 3.63) is 29.8 Å². The van der Waals surface area contributed by atoms with Gasteiger partial charge in [-0.1, -0.05) is 61.8 Å². The van der Waals surface area contributed by atoms with Crippen LogP contribution < -0.4 is 11.2 Å². The average Bonchev–Trinajstić information content (AvgIpc) is 2.52. The molecule has 2 N–H and O–H groups in total. The van der Waals surface area contributed by atoms with E-state index in [1.54, 1.807) is 12.1 Å². The smallest absolute Gasteiger partial charge is 0.330 e. The predicted octanol–water partition coefficient (Wildman–Crippen LogP) is 2.17. The highest BCUT2D eigenvalue weighted by Crippen LogP contribution is 2.32. The normalized spacial score (nSPS) is 19.0. The molecule has 1 saturated carbocycles. The molecule has 0 saturated heterocycles. The zero-order chi connectivity index (χ0) is 15.3. The Morgan fingerprint density at radius 3 is 2.71 bits per heavy atom. The molecular weight excluding hydrogens is 261 g/mol. The molecule has 0 amide bonds. The lowest BCUT2D eigenvalue weighted by atomic mass is 9.78. The molecule has 0 aromatic heterocycles. The van der Waals surface area contributed by atoms with E-state index < -0.39 is 5.54 Å². The number of ether oxygens (including phenoxy) is 1. The molecule has 1 unspecified atom stereocenters. The molecule has 0 bridgehead atoms. The van der Waals surface area contributed by atoms with Crippen LogP contribution in [-0.2, 0) is 15.1 Å². The van der Waals surface area contributed by atoms with Crippen molar-refractivity contribution in [2.24, 2.45) is 11.7 Å². The number of carbonyl (C=O) groups excluding carboxylic acids is 1. The third-order valence-electron chi connectivity index (χ3n) is 4.62. The molecule has 3 nitrogen and oxygen atoms in total. The first kappa shape index (κ1) is 16.1. The summed E-state index contributed by atoms with van der Waals surface area (Å²) in [6.07, 6.45) is 7.96. The van der Waals surface area contributed by atoms with Gasteiger partial charge in [0, 0.05) is 0 Å². The number of benzene rings is 1. The maximum atomic E-state index is 12.2. The molecule has 0 aliphatic heterocycles. The lowest BCUT2D eigenvalue weighted by molar-refractivity contribution is -0.148. The van der Waals surface area contributed by atoms with Crippen molar-refractivity contribution in [1.82, 2.24) is 0 Å². The van der Waals surface area contributed by atoms with Crippen LogP contribution in [0.1, 0.15) is 50.5 Å². The number of hydrogen-bond donors (Lipinski definition) is 1. The molecule has 1 aliphatic rings. The number of carbonyl (C=O) groups is 1. The van der Waals surface area contributed by atoms with Gasteiger partial charge < -0.3 is 10.5 Å². The molecule has 1 atom stereocenters. The summed E-state index contributed by atoms with van der Waals surface area (Å²) in [4.78, 5) is 12.2. The summed E-state index contributed by atoms with van der Waals surface area (Å²) in [5, 5.41) is 0. The van der Waals surface area contributed by atoms with Crippen LogP contribution in [0.4, 0.5) is 0 Å². The Morgan fingerprint density at radius 2 is 2.10 bits per heavy atom. The van der Waals surface area contributed by atoms with Crippen molar-refractivity contribution in [3.8, 4) is 0 Å². The van der Waals surface area contributed by atoms with E-state index in [1.165, 1.54) is 39.2 Å². The number of rotatable bonds is 5. The van der Waals surface area contributed by atoms with E-state index in [1.807, 2.05) is 12.1 Å². The van der Waals surface area contributed by atoms with Crippen molar-refractivity contribution in [1.29, 1.82) is 0 Å². The molecule has 0 spiro atoms. The lowest BCUT2D eigenvalue weighted by Gasteiger charge is -2.30. The van der Waals surface area contributed by atoms with E-state index in [-0.39, 0.29) is 5.97 Å². The molecule has 1 fully saturated rings. The first-order valence-electron chi connectivity index (χ1n) is 7.79. The van der Waals surface area contributed by atoms with Crippen LogP contribution in [-0.4, -0.2) is 20.9 Å². The fraction of sp³-hybridized carbons (Fsp3) is 0.588. The van der Waals surface area contributed by atoms with Gasteiger partial charge in [0.15, 0.2) is 0 Å². The second kappa shape index (κ2) is 7.12. The minimum absolute atomic E-state index is 0.385. The Balaban J connectivity index is 2.14. The lowest BCUT2D eigenvalue weighted by Crippen LogP contribution is -2.46. The highest BCUT2D eigenvalue weighted by Gasteiger charge is 2.37. The van der Waals surface area contributed by atoms with Crippen LogP contribution in [0.2, 0.25) is 0 Å². The van der Waals surface area contributed by atoms with Crippen molar-refractivity contribution in [2.75, 3.05) is 7.11 Å². The number of esters is 1. The van der Waals surface area contributed by atoms with Crippen LogP contribution in [0.5, 0.6) is 0 Å². The molecule has 1 aromatic carbocycles. The Labute approximate surface area is 128 Å². The Morgan fingerprint density at radius 1 is 1.38 bits per heavy atom. The predicted molar refractivity (Wildman–Crippen MR) is 85.5 cm³/mol. The van der Waals surface area contributed by atoms with Gasteiger partial charge in [-0.15, -0.1) is 0 Å². The van der Waals surface area contributed by atoms with Crippen molar-refractivity contribution < 1.29 is 9.53 Å². The molecule has 112 valence electrons. The van der Waals surface area contributed by atoms with E-state index in [4.69, 9.17) is 18.3 Å². The van der Waals surface area contributed by atoms with E-state index in [0.29, 0.717) is 17.8 Å². The molecule has 2 radical (unpaired) electrons. The summed E-state index contributed by atoms with van der Waals surface area (Å²) in [5.74, 6) is 0.288. The topological polar surface area (TPSA) is 52.3 Å². The standard InChI is InChI=1S/C17H24BNO2/c1-21-16(20)17(19,14-8-5-9-15(18)12-14)11-10-13-6-3-2-4-7-13/h5,8-9,12-13H,2-4,6-7,10-11,19H2,1H3. The van der Waals surface area contributed by atoms with E-state index in [0.717, 1.165) is 12.0 Å². The van der Waals surface area contributed by atoms with Crippen molar-refractivity contribution in [2.45, 2.75) is 50.5 Å². The summed E-state index contributed by atoms with van der Waals surface area (Å²) >= 11 is 0. The third kappa shape index (κ3) is 3.88. The van der Waals surface area contributed by atoms with Gasteiger partial charge in [-0.3, -0.25) is 0 Å². The summed E-state index contributed by atoms with van der Waals surface area (Å²) in [7, 11) is 7.21. The second-order valence-electron chi connectivity index (χ2n) is 6.13. The zero-order valence-electron chi connectivity index (χ0n) is 12.8. The summed E-state index contributed by atoms with van der Waals surface area (Å²) < 4.78 is 4.94. The minimum Gasteiger partial charge on any atom is -0.467 e. The number of nitrogens with two attached hydrogens (primary N) is 1. The van der Waals surface area contributed by atoms with E-state index in [2.05, 4.69) is 0 Å². The van der Waals surface area contributed by atoms with Crippen molar-refractivity contribution >= 4 is 19.3 Å². The highest BCUT2D eigenvalue weighted by atomic mass is 16.5. The van der Waals surface area contributed by atoms with Crippen LogP contribution in [0.25, 0.3) is 0 Å². The molecule has 4 heteroatoms. The Bertz CT molecular complexity index is 485. The van der Waals surface area contributed by atoms with Crippen LogP contribution in [0.3, 0.4) is 0 Å². The van der Waals surface area contributed by atoms with E-state index >= 15 is 0 Å². The van der Waals surface area contributed by atoms with Gasteiger partial charge >= 0.3 is 5.97 Å². The molecular formula is C17H24BNO2. The summed E-state index contributed by atoms with van der Waals surface area (Å²) in [6, 6.07) is 7.25. The maximum Gasteiger partial charge on any atom is 0.330 e. The van der Waals surface area contributed by atoms with Gasteiger partial charge in [-0.05, 0) is 24.3 Å². The van der Waals surface area contributed by atoms with Gasteiger partial charge in [-0.25, -0.2) is 4.79 Å². The summed E-state index contributed by atoms with van der Waals surface area (Å²) in [6.45, 7) is 0. The second-order valence-corrected chi connectivity index (χ2v) is 6.13. The zero-order valence-corrected chi connectivity index (χ0v) is 12.8. The maximum absolute atomic E-state index is 12.2. The van der Waals surface area contributed by atoms with Crippen LogP contribution in [0.15, 0.2) is 24.3 Å². The minimum atomic E-state index is -1.10. The largest absolute Gasteiger partial charge is 0.467 e. The molecule has 21 heavy (non-hydrogen) atoms. The van der Waals surface area contributed by atoms with Gasteiger partial charge in [0.05, 0.1) is 7.11 Å². The highest BCUT2D eigenvalue weighted by molar-refractivity contribution is 6.32. The van der Waals surface area contributed by atoms with Crippen LogP contribution in [0, 0.1) is 5.92 Å². The number of hydrogen-bond acceptors (Lipinski definition) is 3. The average molecular weight is 285 g/mol. The first-order valence-corrected chi connectivity index (χ1v) is 7.79. The quantitative estimate of drug-likeness (QED) is 0.666. The fourth-order valence-electron chi connectivity index (χ4n) is 3.27. The fourth-order valence-corrected chi connectivity index (χ4v) is 3.27. The van der Waals surface area contributed by atoms with E-state index in [9.17, 15) is 4.79 Å². The van der Waals surface area contributed by atoms with Gasteiger partial charge in [0.1, 0.15) is 13.4 Å². The Kier molecular flexibility index (Phi) is 5.46. The van der Waals surface area contributed by atoms with Gasteiger partial charge in [0.2, 0.25) is 0 Å². The third-order valence-corrected chi connectivity index (χ3v) is 4.62. The first-order chi connectivity index (χ1) is 10.1. The molecule has 0 heterocycles. The molecule has 2 rings (SSSR count). The van der Waals surface area contributed by atoms with Crippen molar-refractivity contribution in [3.63, 3.8) is 0 Å². The Hall–Kier alpha value is -1.29. The SMILES string of the molecule is [B]c1cccc(C(N)(CCC2CCCCC2)C(=O)OC)c1. The number of methoxy groups -OCH3 is 1. The van der Waals surface area contributed by atoms with Gasteiger partial charge in [-0.2, -0.15) is 0 Å². The monoisotopic (exact) mass is 285 g/mol. The molecule has 1 aromatic rings. The molecule has 1 aliphatic carbocycles.